The number of aromatic nitrogens is 2. The van der Waals surface area contributed by atoms with Crippen LogP contribution in [0.25, 0.3) is 10.6 Å². The standard InChI is InChI=1S/C24H27ClN4O2S/c1-16(2)15-22(31)29(17(3)18-7-5-4-6-8-18)14-13-21(30)26-24-28-27-23(32-24)19-9-11-20(25)12-10-19/h4-12,16-17H,13-15H2,1-3H3,(H,26,28,30). The Labute approximate surface area is 197 Å². The maximum atomic E-state index is 12.9. The van der Waals surface area contributed by atoms with Gasteiger partial charge in [0.2, 0.25) is 16.9 Å². The molecule has 2 amide bonds. The van der Waals surface area contributed by atoms with E-state index in [4.69, 9.17) is 11.6 Å². The SMILES string of the molecule is CC(C)CC(=O)N(CCC(=O)Nc1nnc(-c2ccc(Cl)cc2)s1)C(C)c1ccccc1. The lowest BCUT2D eigenvalue weighted by atomic mass is 10.0. The van der Waals surface area contributed by atoms with Crippen molar-refractivity contribution in [3.8, 4) is 10.6 Å². The van der Waals surface area contributed by atoms with E-state index in [9.17, 15) is 9.59 Å². The molecule has 1 N–H and O–H groups in total. The molecule has 0 spiro atoms. The summed E-state index contributed by atoms with van der Waals surface area (Å²) in [6, 6.07) is 17.0. The fraction of sp³-hybridized carbons (Fsp3) is 0.333. The highest BCUT2D eigenvalue weighted by Gasteiger charge is 2.23. The summed E-state index contributed by atoms with van der Waals surface area (Å²) >= 11 is 7.22. The minimum absolute atomic E-state index is 0.0464. The predicted molar refractivity (Wildman–Crippen MR) is 130 cm³/mol. The Bertz CT molecular complexity index is 1040. The number of rotatable bonds is 9. The molecule has 6 nitrogen and oxygen atoms in total. The molecule has 0 radical (unpaired) electrons. The zero-order valence-electron chi connectivity index (χ0n) is 18.4. The van der Waals surface area contributed by atoms with Crippen molar-refractivity contribution < 1.29 is 9.59 Å². The monoisotopic (exact) mass is 470 g/mol. The average molecular weight is 471 g/mol. The van der Waals surface area contributed by atoms with E-state index in [2.05, 4.69) is 15.5 Å². The molecule has 2 aromatic carbocycles. The second kappa shape index (κ2) is 11.2. The third-order valence-corrected chi connectivity index (χ3v) is 6.13. The molecule has 0 aliphatic carbocycles. The van der Waals surface area contributed by atoms with Crippen LogP contribution in [0.5, 0.6) is 0 Å². The average Bonchev–Trinajstić information content (AvgIpc) is 3.22. The molecule has 3 rings (SSSR count). The fourth-order valence-electron chi connectivity index (χ4n) is 3.30. The summed E-state index contributed by atoms with van der Waals surface area (Å²) in [7, 11) is 0. The lowest BCUT2D eigenvalue weighted by molar-refractivity contribution is -0.134. The molecule has 0 saturated carbocycles. The summed E-state index contributed by atoms with van der Waals surface area (Å²) in [6.45, 7) is 6.36. The lowest BCUT2D eigenvalue weighted by Crippen LogP contribution is -2.36. The molecule has 32 heavy (non-hydrogen) atoms. The molecule has 0 saturated heterocycles. The Kier molecular flexibility index (Phi) is 8.36. The highest BCUT2D eigenvalue weighted by molar-refractivity contribution is 7.18. The topological polar surface area (TPSA) is 75.2 Å². The van der Waals surface area contributed by atoms with Crippen molar-refractivity contribution in [3.05, 3.63) is 65.2 Å². The first-order valence-corrected chi connectivity index (χ1v) is 11.8. The number of hydrogen-bond acceptors (Lipinski definition) is 5. The van der Waals surface area contributed by atoms with Crippen molar-refractivity contribution in [2.24, 2.45) is 5.92 Å². The van der Waals surface area contributed by atoms with E-state index in [1.54, 1.807) is 17.0 Å². The quantitative estimate of drug-likeness (QED) is 0.427. The van der Waals surface area contributed by atoms with E-state index >= 15 is 0 Å². The van der Waals surface area contributed by atoms with Gasteiger partial charge in [-0.3, -0.25) is 9.59 Å². The van der Waals surface area contributed by atoms with Gasteiger partial charge >= 0.3 is 0 Å². The lowest BCUT2D eigenvalue weighted by Gasteiger charge is -2.30. The maximum Gasteiger partial charge on any atom is 0.227 e. The number of halogens is 1. The normalized spacial score (nSPS) is 11.9. The first kappa shape index (κ1) is 23.9. The number of nitrogens with one attached hydrogen (secondary N) is 1. The van der Waals surface area contributed by atoms with Gasteiger partial charge in [-0.2, -0.15) is 0 Å². The van der Waals surface area contributed by atoms with Crippen LogP contribution in [0, 0.1) is 5.92 Å². The molecule has 1 aromatic heterocycles. The summed E-state index contributed by atoms with van der Waals surface area (Å²) < 4.78 is 0. The Balaban J connectivity index is 1.63. The second-order valence-electron chi connectivity index (χ2n) is 7.99. The van der Waals surface area contributed by atoms with Gasteiger partial charge in [-0.1, -0.05) is 79.2 Å². The van der Waals surface area contributed by atoms with E-state index in [0.29, 0.717) is 28.1 Å². The Hall–Kier alpha value is -2.77. The van der Waals surface area contributed by atoms with Crippen LogP contribution in [0.4, 0.5) is 5.13 Å². The van der Waals surface area contributed by atoms with Gasteiger partial charge in [-0.05, 0) is 30.5 Å². The van der Waals surface area contributed by atoms with Gasteiger partial charge in [-0.15, -0.1) is 10.2 Å². The molecule has 0 aliphatic rings. The summed E-state index contributed by atoms with van der Waals surface area (Å²) in [5.41, 5.74) is 1.93. The predicted octanol–water partition coefficient (Wildman–Crippen LogP) is 5.82. The van der Waals surface area contributed by atoms with Crippen molar-refractivity contribution in [1.82, 2.24) is 15.1 Å². The molecule has 0 fully saturated rings. The molecule has 1 atom stereocenters. The number of carbonyl (C=O) groups is 2. The number of benzene rings is 2. The highest BCUT2D eigenvalue weighted by Crippen LogP contribution is 2.27. The zero-order valence-corrected chi connectivity index (χ0v) is 20.0. The van der Waals surface area contributed by atoms with Crippen molar-refractivity contribution >= 4 is 39.9 Å². The molecule has 1 unspecified atom stereocenters. The van der Waals surface area contributed by atoms with E-state index in [0.717, 1.165) is 11.1 Å². The molecule has 0 bridgehead atoms. The number of carbonyl (C=O) groups excluding carboxylic acids is 2. The van der Waals surface area contributed by atoms with Gasteiger partial charge < -0.3 is 10.2 Å². The summed E-state index contributed by atoms with van der Waals surface area (Å²) in [6.07, 6.45) is 0.622. The first-order valence-electron chi connectivity index (χ1n) is 10.6. The molecule has 0 aliphatic heterocycles. The van der Waals surface area contributed by atoms with Crippen LogP contribution in [0.15, 0.2) is 54.6 Å². The summed E-state index contributed by atoms with van der Waals surface area (Å²) in [4.78, 5) is 27.3. The Morgan fingerprint density at radius 2 is 1.72 bits per heavy atom. The largest absolute Gasteiger partial charge is 0.335 e. The van der Waals surface area contributed by atoms with E-state index in [1.807, 2.05) is 63.2 Å². The molecular formula is C24H27ClN4O2S. The third kappa shape index (κ3) is 6.61. The molecule has 1 heterocycles. The zero-order chi connectivity index (χ0) is 23.1. The van der Waals surface area contributed by atoms with Gasteiger partial charge in [0.25, 0.3) is 0 Å². The van der Waals surface area contributed by atoms with Gasteiger partial charge in [-0.25, -0.2) is 0 Å². The smallest absolute Gasteiger partial charge is 0.227 e. The van der Waals surface area contributed by atoms with Gasteiger partial charge in [0.1, 0.15) is 5.01 Å². The van der Waals surface area contributed by atoms with Crippen molar-refractivity contribution in [2.45, 2.75) is 39.7 Å². The van der Waals surface area contributed by atoms with Crippen molar-refractivity contribution in [1.29, 1.82) is 0 Å². The van der Waals surface area contributed by atoms with Crippen LogP contribution in [0.1, 0.15) is 45.2 Å². The second-order valence-corrected chi connectivity index (χ2v) is 9.40. The first-order chi connectivity index (χ1) is 15.3. The number of anilines is 1. The van der Waals surface area contributed by atoms with Gasteiger partial charge in [0.15, 0.2) is 0 Å². The third-order valence-electron chi connectivity index (χ3n) is 4.99. The van der Waals surface area contributed by atoms with Crippen LogP contribution in [0.3, 0.4) is 0 Å². The molecule has 3 aromatic rings. The highest BCUT2D eigenvalue weighted by atomic mass is 35.5. The maximum absolute atomic E-state index is 12.9. The minimum Gasteiger partial charge on any atom is -0.335 e. The van der Waals surface area contributed by atoms with Crippen molar-refractivity contribution in [2.75, 3.05) is 11.9 Å². The Morgan fingerprint density at radius 3 is 2.38 bits per heavy atom. The van der Waals surface area contributed by atoms with E-state index in [1.165, 1.54) is 11.3 Å². The summed E-state index contributed by atoms with van der Waals surface area (Å²) in [5, 5.41) is 12.8. The van der Waals surface area contributed by atoms with E-state index in [-0.39, 0.29) is 30.2 Å². The van der Waals surface area contributed by atoms with Crippen LogP contribution >= 0.6 is 22.9 Å². The summed E-state index contributed by atoms with van der Waals surface area (Å²) in [5.74, 6) is 0.0889. The van der Waals surface area contributed by atoms with Crippen LogP contribution in [0.2, 0.25) is 5.02 Å². The van der Waals surface area contributed by atoms with Crippen LogP contribution in [-0.2, 0) is 9.59 Å². The van der Waals surface area contributed by atoms with Gasteiger partial charge in [0, 0.05) is 30.0 Å². The number of amides is 2. The molecule has 8 heteroatoms. The molecule has 168 valence electrons. The number of hydrogen-bond donors (Lipinski definition) is 1. The van der Waals surface area contributed by atoms with Crippen LogP contribution in [-0.4, -0.2) is 33.5 Å². The van der Waals surface area contributed by atoms with Gasteiger partial charge in [0.05, 0.1) is 6.04 Å². The van der Waals surface area contributed by atoms with Crippen molar-refractivity contribution in [3.63, 3.8) is 0 Å². The fourth-order valence-corrected chi connectivity index (χ4v) is 4.19. The number of nitrogens with zero attached hydrogens (tertiary/aromatic N) is 3. The van der Waals surface area contributed by atoms with E-state index < -0.39 is 0 Å². The van der Waals surface area contributed by atoms with Crippen LogP contribution < -0.4 is 5.32 Å². The minimum atomic E-state index is -0.202. The Morgan fingerprint density at radius 1 is 1.03 bits per heavy atom. The molecular weight excluding hydrogens is 444 g/mol.